The molecule has 0 unspecified atom stereocenters. The average molecular weight is 203 g/mol. The van der Waals surface area contributed by atoms with Crippen LogP contribution in [0.15, 0.2) is 41.8 Å². The molecule has 0 aliphatic heterocycles. The molecule has 0 atom stereocenters. The SMILES string of the molecule is O=C([O-])c1csc(-c2ccccc2)c1. The van der Waals surface area contributed by atoms with Crippen LogP contribution in [0.3, 0.4) is 0 Å². The lowest BCUT2D eigenvalue weighted by molar-refractivity contribution is -0.255. The number of aromatic carboxylic acids is 1. The summed E-state index contributed by atoms with van der Waals surface area (Å²) in [6.07, 6.45) is 0. The van der Waals surface area contributed by atoms with Crippen LogP contribution in [0.5, 0.6) is 0 Å². The smallest absolute Gasteiger partial charge is 0.0723 e. The van der Waals surface area contributed by atoms with Crippen LogP contribution in [0.25, 0.3) is 10.4 Å². The first-order valence-electron chi connectivity index (χ1n) is 4.12. The van der Waals surface area contributed by atoms with E-state index in [0.717, 1.165) is 10.4 Å². The van der Waals surface area contributed by atoms with Crippen molar-refractivity contribution in [1.29, 1.82) is 0 Å². The van der Waals surface area contributed by atoms with Gasteiger partial charge >= 0.3 is 0 Å². The Morgan fingerprint density at radius 2 is 1.93 bits per heavy atom. The van der Waals surface area contributed by atoms with Gasteiger partial charge in [-0.25, -0.2) is 0 Å². The molecular formula is C11H7O2S-. The summed E-state index contributed by atoms with van der Waals surface area (Å²) in [5, 5.41) is 12.1. The molecular weight excluding hydrogens is 196 g/mol. The van der Waals surface area contributed by atoms with Gasteiger partial charge in [0, 0.05) is 15.8 Å². The largest absolute Gasteiger partial charge is 0.545 e. The Morgan fingerprint density at radius 3 is 2.50 bits per heavy atom. The second-order valence-electron chi connectivity index (χ2n) is 2.85. The molecule has 2 nitrogen and oxygen atoms in total. The van der Waals surface area contributed by atoms with Gasteiger partial charge in [-0.15, -0.1) is 11.3 Å². The van der Waals surface area contributed by atoms with Gasteiger partial charge in [-0.2, -0.15) is 0 Å². The molecule has 70 valence electrons. The van der Waals surface area contributed by atoms with Crippen LogP contribution in [-0.2, 0) is 0 Å². The minimum atomic E-state index is -1.12. The second kappa shape index (κ2) is 3.64. The van der Waals surface area contributed by atoms with Crippen molar-refractivity contribution in [3.63, 3.8) is 0 Å². The zero-order chi connectivity index (χ0) is 9.97. The predicted molar refractivity (Wildman–Crippen MR) is 54.1 cm³/mol. The first kappa shape index (κ1) is 8.97. The molecule has 2 aromatic rings. The number of rotatable bonds is 2. The molecule has 14 heavy (non-hydrogen) atoms. The van der Waals surface area contributed by atoms with Gasteiger partial charge in [0.25, 0.3) is 0 Å². The van der Waals surface area contributed by atoms with E-state index < -0.39 is 5.97 Å². The Morgan fingerprint density at radius 1 is 1.21 bits per heavy atom. The summed E-state index contributed by atoms with van der Waals surface area (Å²) < 4.78 is 0. The molecule has 1 aromatic heterocycles. The quantitative estimate of drug-likeness (QED) is 0.746. The van der Waals surface area contributed by atoms with Gasteiger partial charge < -0.3 is 9.90 Å². The van der Waals surface area contributed by atoms with Crippen LogP contribution >= 0.6 is 11.3 Å². The lowest BCUT2D eigenvalue weighted by Gasteiger charge is -1.96. The number of thiophene rings is 1. The second-order valence-corrected chi connectivity index (χ2v) is 3.76. The molecule has 0 saturated heterocycles. The summed E-state index contributed by atoms with van der Waals surface area (Å²) >= 11 is 1.41. The van der Waals surface area contributed by atoms with Gasteiger partial charge in [-0.05, 0) is 11.6 Å². The van der Waals surface area contributed by atoms with Gasteiger partial charge in [0.1, 0.15) is 0 Å². The molecule has 0 spiro atoms. The highest BCUT2D eigenvalue weighted by Gasteiger charge is 2.01. The number of carbonyl (C=O) groups excluding carboxylic acids is 1. The highest BCUT2D eigenvalue weighted by molar-refractivity contribution is 7.13. The average Bonchev–Trinajstić information content (AvgIpc) is 2.68. The summed E-state index contributed by atoms with van der Waals surface area (Å²) in [5.74, 6) is -1.12. The zero-order valence-electron chi connectivity index (χ0n) is 7.27. The van der Waals surface area contributed by atoms with Gasteiger partial charge in [0.05, 0.1) is 5.97 Å². The molecule has 0 fully saturated rings. The predicted octanol–water partition coefficient (Wildman–Crippen LogP) is 1.78. The van der Waals surface area contributed by atoms with Crippen molar-refractivity contribution in [2.45, 2.75) is 0 Å². The number of hydrogen-bond acceptors (Lipinski definition) is 3. The molecule has 0 amide bonds. The number of hydrogen-bond donors (Lipinski definition) is 0. The topological polar surface area (TPSA) is 40.1 Å². The van der Waals surface area contributed by atoms with E-state index in [4.69, 9.17) is 0 Å². The summed E-state index contributed by atoms with van der Waals surface area (Å²) in [4.78, 5) is 11.5. The van der Waals surface area contributed by atoms with Crippen LogP contribution in [-0.4, -0.2) is 5.97 Å². The van der Waals surface area contributed by atoms with Crippen molar-refractivity contribution in [3.8, 4) is 10.4 Å². The van der Waals surface area contributed by atoms with Crippen molar-refractivity contribution in [2.75, 3.05) is 0 Å². The Bertz CT molecular complexity index is 445. The molecule has 1 heterocycles. The maximum atomic E-state index is 10.5. The van der Waals surface area contributed by atoms with Gasteiger partial charge in [-0.1, -0.05) is 30.3 Å². The zero-order valence-corrected chi connectivity index (χ0v) is 8.08. The Kier molecular flexibility index (Phi) is 2.33. The standard InChI is InChI=1S/C11H8O2S/c12-11(13)9-6-10(14-7-9)8-4-2-1-3-5-8/h1-7H,(H,12,13)/p-1. The van der Waals surface area contributed by atoms with Crippen molar-refractivity contribution in [2.24, 2.45) is 0 Å². The van der Waals surface area contributed by atoms with E-state index >= 15 is 0 Å². The minimum Gasteiger partial charge on any atom is -0.545 e. The number of carbonyl (C=O) groups is 1. The fourth-order valence-corrected chi connectivity index (χ4v) is 2.08. The molecule has 0 aliphatic carbocycles. The van der Waals surface area contributed by atoms with E-state index in [1.165, 1.54) is 11.3 Å². The molecule has 0 aliphatic rings. The van der Waals surface area contributed by atoms with E-state index in [1.54, 1.807) is 11.4 Å². The highest BCUT2D eigenvalue weighted by Crippen LogP contribution is 2.26. The van der Waals surface area contributed by atoms with Gasteiger partial charge in [0.15, 0.2) is 0 Å². The van der Waals surface area contributed by atoms with E-state index in [0.29, 0.717) is 0 Å². The van der Waals surface area contributed by atoms with E-state index in [1.807, 2.05) is 30.3 Å². The molecule has 1 aromatic carbocycles. The molecule has 3 heteroatoms. The van der Waals surface area contributed by atoms with Crippen LogP contribution in [0, 0.1) is 0 Å². The first-order chi connectivity index (χ1) is 6.77. The Labute approximate surface area is 85.4 Å². The van der Waals surface area contributed by atoms with E-state index in [-0.39, 0.29) is 5.56 Å². The van der Waals surface area contributed by atoms with Crippen LogP contribution in [0.1, 0.15) is 10.4 Å². The Hall–Kier alpha value is -1.61. The van der Waals surface area contributed by atoms with Crippen LogP contribution in [0.4, 0.5) is 0 Å². The van der Waals surface area contributed by atoms with Crippen molar-refractivity contribution in [1.82, 2.24) is 0 Å². The molecule has 2 rings (SSSR count). The van der Waals surface area contributed by atoms with Crippen LogP contribution < -0.4 is 5.11 Å². The number of carboxylic acid groups (broad SMARTS) is 1. The summed E-state index contributed by atoms with van der Waals surface area (Å²) in [5.41, 5.74) is 1.28. The highest BCUT2D eigenvalue weighted by atomic mass is 32.1. The molecule has 0 bridgehead atoms. The minimum absolute atomic E-state index is 0.244. The maximum Gasteiger partial charge on any atom is 0.0723 e. The third-order valence-electron chi connectivity index (χ3n) is 1.89. The van der Waals surface area contributed by atoms with Crippen molar-refractivity contribution in [3.05, 3.63) is 47.3 Å². The van der Waals surface area contributed by atoms with Crippen molar-refractivity contribution >= 4 is 17.3 Å². The first-order valence-corrected chi connectivity index (χ1v) is 5.00. The van der Waals surface area contributed by atoms with Crippen LogP contribution in [0.2, 0.25) is 0 Å². The van der Waals surface area contributed by atoms with E-state index in [9.17, 15) is 9.90 Å². The third-order valence-corrected chi connectivity index (χ3v) is 2.87. The monoisotopic (exact) mass is 203 g/mol. The number of carboxylic acids is 1. The van der Waals surface area contributed by atoms with Crippen molar-refractivity contribution < 1.29 is 9.90 Å². The lowest BCUT2D eigenvalue weighted by Crippen LogP contribution is -2.21. The molecule has 0 radical (unpaired) electrons. The van der Waals surface area contributed by atoms with Gasteiger partial charge in [-0.3, -0.25) is 0 Å². The fourth-order valence-electron chi connectivity index (χ4n) is 1.20. The lowest BCUT2D eigenvalue weighted by atomic mass is 10.2. The maximum absolute atomic E-state index is 10.5. The Balaban J connectivity index is 2.39. The fraction of sp³-hybridized carbons (Fsp3) is 0. The number of benzene rings is 1. The van der Waals surface area contributed by atoms with Gasteiger partial charge in [0.2, 0.25) is 0 Å². The molecule has 0 N–H and O–H groups in total. The normalized spacial score (nSPS) is 10.0. The summed E-state index contributed by atoms with van der Waals surface area (Å²) in [6.45, 7) is 0. The third kappa shape index (κ3) is 1.67. The summed E-state index contributed by atoms with van der Waals surface area (Å²) in [6, 6.07) is 11.3. The van der Waals surface area contributed by atoms with E-state index in [2.05, 4.69) is 0 Å². The molecule has 0 saturated carbocycles. The summed E-state index contributed by atoms with van der Waals surface area (Å²) in [7, 11) is 0.